The minimum Gasteiger partial charge on any atom is -0.474 e. The van der Waals surface area contributed by atoms with E-state index in [1.54, 1.807) is 13.0 Å². The van der Waals surface area contributed by atoms with Gasteiger partial charge in [-0.1, -0.05) is 12.1 Å². The summed E-state index contributed by atoms with van der Waals surface area (Å²) >= 11 is 0. The maximum atomic E-state index is 12.7. The molecule has 0 aliphatic rings. The van der Waals surface area contributed by atoms with Gasteiger partial charge in [0.15, 0.2) is 11.9 Å². The molecule has 0 saturated carbocycles. The van der Waals surface area contributed by atoms with Gasteiger partial charge < -0.3 is 10.1 Å². The second-order valence-corrected chi connectivity index (χ2v) is 6.14. The summed E-state index contributed by atoms with van der Waals surface area (Å²) in [6.07, 6.45) is -5.80. The number of nitrogens with zero attached hydrogens (tertiary/aromatic N) is 1. The van der Waals surface area contributed by atoms with Crippen LogP contribution >= 0.6 is 0 Å². The van der Waals surface area contributed by atoms with Crippen molar-refractivity contribution in [3.05, 3.63) is 63.7 Å². The van der Waals surface area contributed by atoms with Crippen LogP contribution in [0.25, 0.3) is 0 Å². The van der Waals surface area contributed by atoms with Crippen LogP contribution in [0.4, 0.5) is 29.3 Å². The molecular weight excluding hydrogens is 409 g/mol. The summed E-state index contributed by atoms with van der Waals surface area (Å²) in [6, 6.07) is 7.09. The van der Waals surface area contributed by atoms with E-state index in [4.69, 9.17) is 4.74 Å². The first kappa shape index (κ1) is 22.5. The molecule has 0 heterocycles. The standard InChI is InChI=1S/C18H17F3N4O5/c1-10-6-7-15(14(8-10)25(28)29)30-11(2)16(26)23-24-17(27)22-13-5-3-4-12(9-13)18(19,20)21/h3-9,11H,1-2H3,(H,23,26)(H2,22,24,27)/t11-/m0/s1. The van der Waals surface area contributed by atoms with E-state index in [1.165, 1.54) is 25.1 Å². The maximum absolute atomic E-state index is 12.7. The Kier molecular flexibility index (Phi) is 6.82. The summed E-state index contributed by atoms with van der Waals surface area (Å²) in [5.41, 5.74) is 3.17. The number of hydrogen-bond acceptors (Lipinski definition) is 5. The van der Waals surface area contributed by atoms with Gasteiger partial charge in [-0.05, 0) is 43.7 Å². The van der Waals surface area contributed by atoms with Crippen molar-refractivity contribution in [3.63, 3.8) is 0 Å². The fourth-order valence-electron chi connectivity index (χ4n) is 2.27. The molecule has 2 rings (SSSR count). The highest BCUT2D eigenvalue weighted by Crippen LogP contribution is 2.30. The van der Waals surface area contributed by atoms with Gasteiger partial charge in [0, 0.05) is 11.8 Å². The average molecular weight is 426 g/mol. The van der Waals surface area contributed by atoms with Crippen LogP contribution in [0.3, 0.4) is 0 Å². The first-order valence-electron chi connectivity index (χ1n) is 8.43. The smallest absolute Gasteiger partial charge is 0.416 e. The summed E-state index contributed by atoms with van der Waals surface area (Å²) in [5.74, 6) is -0.981. The molecule has 0 bridgehead atoms. The van der Waals surface area contributed by atoms with Crippen LogP contribution in [0.15, 0.2) is 42.5 Å². The molecule has 0 aliphatic heterocycles. The molecule has 0 saturated heterocycles. The van der Waals surface area contributed by atoms with Crippen LogP contribution in [-0.4, -0.2) is 23.0 Å². The molecule has 12 heteroatoms. The molecule has 30 heavy (non-hydrogen) atoms. The number of nitrogens with one attached hydrogen (secondary N) is 3. The lowest BCUT2D eigenvalue weighted by molar-refractivity contribution is -0.386. The van der Waals surface area contributed by atoms with Crippen molar-refractivity contribution in [1.29, 1.82) is 0 Å². The fraction of sp³-hybridized carbons (Fsp3) is 0.222. The Balaban J connectivity index is 1.93. The molecule has 0 radical (unpaired) electrons. The van der Waals surface area contributed by atoms with Crippen LogP contribution in [0.2, 0.25) is 0 Å². The van der Waals surface area contributed by atoms with Gasteiger partial charge in [0.05, 0.1) is 10.5 Å². The Morgan fingerprint density at radius 2 is 1.83 bits per heavy atom. The molecule has 0 unspecified atom stereocenters. The molecule has 160 valence electrons. The summed E-state index contributed by atoms with van der Waals surface area (Å²) in [7, 11) is 0. The largest absolute Gasteiger partial charge is 0.474 e. The number of halogens is 3. The highest BCUT2D eigenvalue weighted by molar-refractivity contribution is 5.91. The number of aryl methyl sites for hydroxylation is 1. The zero-order valence-corrected chi connectivity index (χ0v) is 15.7. The number of urea groups is 1. The SMILES string of the molecule is Cc1ccc(O[C@@H](C)C(=O)NNC(=O)Nc2cccc(C(F)(F)F)c2)c([N+](=O)[O-])c1. The van der Waals surface area contributed by atoms with Gasteiger partial charge in [0.25, 0.3) is 5.91 Å². The molecule has 9 nitrogen and oxygen atoms in total. The van der Waals surface area contributed by atoms with Crippen molar-refractivity contribution in [2.24, 2.45) is 0 Å². The highest BCUT2D eigenvalue weighted by atomic mass is 19.4. The molecule has 1 atom stereocenters. The first-order chi connectivity index (χ1) is 14.0. The van der Waals surface area contributed by atoms with Crippen LogP contribution in [0.1, 0.15) is 18.1 Å². The number of hydrogen-bond donors (Lipinski definition) is 3. The molecule has 0 aliphatic carbocycles. The van der Waals surface area contributed by atoms with Gasteiger partial charge in [0.1, 0.15) is 0 Å². The topological polar surface area (TPSA) is 123 Å². The van der Waals surface area contributed by atoms with E-state index >= 15 is 0 Å². The van der Waals surface area contributed by atoms with Crippen molar-refractivity contribution in [2.75, 3.05) is 5.32 Å². The summed E-state index contributed by atoms with van der Waals surface area (Å²) < 4.78 is 43.3. The maximum Gasteiger partial charge on any atom is 0.416 e. The summed E-state index contributed by atoms with van der Waals surface area (Å²) in [6.45, 7) is 2.95. The van der Waals surface area contributed by atoms with E-state index < -0.39 is 34.7 Å². The number of carbonyl (C=O) groups excluding carboxylic acids is 2. The number of anilines is 1. The normalized spacial score (nSPS) is 11.9. The van der Waals surface area contributed by atoms with E-state index in [1.807, 2.05) is 10.9 Å². The monoisotopic (exact) mass is 426 g/mol. The van der Waals surface area contributed by atoms with Crippen molar-refractivity contribution in [3.8, 4) is 5.75 Å². The molecule has 0 aromatic heterocycles. The van der Waals surface area contributed by atoms with E-state index in [-0.39, 0.29) is 17.1 Å². The average Bonchev–Trinajstić information content (AvgIpc) is 2.66. The van der Waals surface area contributed by atoms with Crippen molar-refractivity contribution in [1.82, 2.24) is 10.9 Å². The van der Waals surface area contributed by atoms with E-state index in [2.05, 4.69) is 5.32 Å². The number of hydrazine groups is 1. The summed E-state index contributed by atoms with van der Waals surface area (Å²) in [4.78, 5) is 34.3. The van der Waals surface area contributed by atoms with Crippen LogP contribution in [-0.2, 0) is 11.0 Å². The fourth-order valence-corrected chi connectivity index (χ4v) is 2.27. The quantitative estimate of drug-likeness (QED) is 0.499. The number of rotatable bonds is 5. The predicted molar refractivity (Wildman–Crippen MR) is 99.7 cm³/mol. The van der Waals surface area contributed by atoms with Gasteiger partial charge in [0.2, 0.25) is 0 Å². The van der Waals surface area contributed by atoms with E-state index in [9.17, 15) is 32.9 Å². The molecule has 3 N–H and O–H groups in total. The molecule has 0 fully saturated rings. The second kappa shape index (κ2) is 9.11. The third kappa shape index (κ3) is 6.09. The number of amides is 3. The Morgan fingerprint density at radius 1 is 1.13 bits per heavy atom. The van der Waals surface area contributed by atoms with Gasteiger partial charge >= 0.3 is 17.9 Å². The lowest BCUT2D eigenvalue weighted by Crippen LogP contribution is -2.48. The van der Waals surface area contributed by atoms with Crippen molar-refractivity contribution < 1.29 is 32.4 Å². The van der Waals surface area contributed by atoms with Gasteiger partial charge in [-0.2, -0.15) is 13.2 Å². The number of alkyl halides is 3. The van der Waals surface area contributed by atoms with Crippen molar-refractivity contribution in [2.45, 2.75) is 26.1 Å². The summed E-state index contributed by atoms with van der Waals surface area (Å²) in [5, 5.41) is 13.2. The zero-order chi connectivity index (χ0) is 22.5. The van der Waals surface area contributed by atoms with Crippen LogP contribution in [0.5, 0.6) is 5.75 Å². The molecule has 3 amide bonds. The lowest BCUT2D eigenvalue weighted by atomic mass is 10.2. The second-order valence-electron chi connectivity index (χ2n) is 6.14. The van der Waals surface area contributed by atoms with Gasteiger partial charge in [-0.25, -0.2) is 10.2 Å². The Morgan fingerprint density at radius 3 is 2.47 bits per heavy atom. The number of benzene rings is 2. The van der Waals surface area contributed by atoms with Crippen molar-refractivity contribution >= 4 is 23.3 Å². The Labute approximate surface area is 168 Å². The number of carbonyl (C=O) groups is 2. The van der Waals surface area contributed by atoms with E-state index in [0.717, 1.165) is 18.2 Å². The number of nitro groups is 1. The molecular formula is C18H17F3N4O5. The van der Waals surface area contributed by atoms with E-state index in [0.29, 0.717) is 5.56 Å². The molecule has 2 aromatic carbocycles. The van der Waals surface area contributed by atoms with Gasteiger partial charge in [-0.15, -0.1) is 0 Å². The molecule has 2 aromatic rings. The van der Waals surface area contributed by atoms with Crippen LogP contribution in [0, 0.1) is 17.0 Å². The highest BCUT2D eigenvalue weighted by Gasteiger charge is 2.30. The minimum absolute atomic E-state index is 0.137. The predicted octanol–water partition coefficient (Wildman–Crippen LogP) is 3.54. The number of ether oxygens (including phenoxy) is 1. The first-order valence-corrected chi connectivity index (χ1v) is 8.43. The number of nitro benzene ring substituents is 1. The third-order valence-corrected chi connectivity index (χ3v) is 3.73. The Hall–Kier alpha value is -3.83. The van der Waals surface area contributed by atoms with Crippen LogP contribution < -0.4 is 20.9 Å². The minimum atomic E-state index is -4.58. The Bertz CT molecular complexity index is 965. The lowest BCUT2D eigenvalue weighted by Gasteiger charge is -2.16. The van der Waals surface area contributed by atoms with Gasteiger partial charge in [-0.3, -0.25) is 20.3 Å². The molecule has 0 spiro atoms. The third-order valence-electron chi connectivity index (χ3n) is 3.73. The zero-order valence-electron chi connectivity index (χ0n) is 15.7.